The molecule has 2 N–H and O–H groups in total. The molecule has 0 aromatic heterocycles. The lowest BCUT2D eigenvalue weighted by molar-refractivity contribution is -0.00132. The Morgan fingerprint density at radius 1 is 1.15 bits per heavy atom. The fraction of sp³-hybridized carbons (Fsp3) is 1.00. The highest BCUT2D eigenvalue weighted by Crippen LogP contribution is 2.31. The van der Waals surface area contributed by atoms with Crippen molar-refractivity contribution in [3.63, 3.8) is 0 Å². The van der Waals surface area contributed by atoms with E-state index in [0.717, 1.165) is 12.6 Å². The maximum atomic E-state index is 6.22. The topological polar surface area (TPSA) is 35.7 Å². The first kappa shape index (κ1) is 16.2. The van der Waals surface area contributed by atoms with Crippen LogP contribution in [0.25, 0.3) is 0 Å². The molecule has 20 heavy (non-hydrogen) atoms. The molecule has 2 saturated heterocycles. The largest absolute Gasteiger partial charge is 0.329 e. The number of rotatable bonds is 5. The molecule has 0 bridgehead atoms. The van der Waals surface area contributed by atoms with Crippen LogP contribution < -0.4 is 5.73 Å². The van der Waals surface area contributed by atoms with E-state index in [0.29, 0.717) is 0 Å². The molecule has 0 spiro atoms. The highest BCUT2D eigenvalue weighted by atomic mass is 15.3. The van der Waals surface area contributed by atoms with Crippen LogP contribution in [0.4, 0.5) is 0 Å². The average molecular weight is 282 g/mol. The fourth-order valence-electron chi connectivity index (χ4n) is 3.98. The van der Waals surface area contributed by atoms with Gasteiger partial charge in [0.2, 0.25) is 0 Å². The molecule has 2 fully saturated rings. The summed E-state index contributed by atoms with van der Waals surface area (Å²) in [6, 6.07) is 0.729. The predicted molar refractivity (Wildman–Crippen MR) is 86.0 cm³/mol. The van der Waals surface area contributed by atoms with Crippen LogP contribution in [0.1, 0.15) is 39.0 Å². The van der Waals surface area contributed by atoms with Crippen molar-refractivity contribution >= 4 is 0 Å². The lowest BCUT2D eigenvalue weighted by atomic mass is 9.83. The lowest BCUT2D eigenvalue weighted by Gasteiger charge is -2.51. The van der Waals surface area contributed by atoms with Gasteiger partial charge in [-0.05, 0) is 78.9 Å². The van der Waals surface area contributed by atoms with Gasteiger partial charge in [0, 0.05) is 18.1 Å². The Bertz CT molecular complexity index is 278. The highest BCUT2D eigenvalue weighted by Gasteiger charge is 2.40. The maximum Gasteiger partial charge on any atom is 0.0355 e. The van der Waals surface area contributed by atoms with E-state index in [-0.39, 0.29) is 5.54 Å². The molecule has 0 atom stereocenters. The summed E-state index contributed by atoms with van der Waals surface area (Å²) in [5.41, 5.74) is 6.48. The summed E-state index contributed by atoms with van der Waals surface area (Å²) < 4.78 is 0. The van der Waals surface area contributed by atoms with E-state index in [1.54, 1.807) is 0 Å². The van der Waals surface area contributed by atoms with Gasteiger partial charge in [-0.25, -0.2) is 0 Å². The molecule has 4 heteroatoms. The van der Waals surface area contributed by atoms with Crippen molar-refractivity contribution in [2.24, 2.45) is 5.73 Å². The summed E-state index contributed by atoms with van der Waals surface area (Å²) in [7, 11) is 4.57. The zero-order chi connectivity index (χ0) is 14.6. The van der Waals surface area contributed by atoms with Crippen molar-refractivity contribution in [1.29, 1.82) is 0 Å². The Labute approximate surface area is 125 Å². The van der Waals surface area contributed by atoms with Gasteiger partial charge in [-0.3, -0.25) is 4.90 Å². The molecule has 2 aliphatic heterocycles. The summed E-state index contributed by atoms with van der Waals surface area (Å²) in [6.07, 6.45) is 6.35. The van der Waals surface area contributed by atoms with Crippen LogP contribution in [-0.2, 0) is 0 Å². The number of likely N-dealkylation sites (N-methyl/N-ethyl adjacent to an activating group) is 1. The van der Waals surface area contributed by atoms with Crippen LogP contribution in [0, 0.1) is 0 Å². The number of nitrogens with zero attached hydrogens (tertiary/aromatic N) is 3. The second-order valence-corrected chi connectivity index (χ2v) is 6.92. The van der Waals surface area contributed by atoms with E-state index in [4.69, 9.17) is 5.73 Å². The van der Waals surface area contributed by atoms with Gasteiger partial charge in [0.15, 0.2) is 0 Å². The Hall–Kier alpha value is -0.160. The van der Waals surface area contributed by atoms with Crippen molar-refractivity contribution in [3.05, 3.63) is 0 Å². The first-order valence-electron chi connectivity index (χ1n) is 8.45. The van der Waals surface area contributed by atoms with Crippen molar-refractivity contribution in [2.75, 3.05) is 53.4 Å². The standard InChI is InChI=1S/C16H34N4/c1-4-9-20-12-7-16(14-17,8-13-20)19(3)15-5-10-18(2)11-6-15/h15H,4-14,17H2,1-3H3. The highest BCUT2D eigenvalue weighted by molar-refractivity contribution is 4.98. The normalized spacial score (nSPS) is 26.2. The van der Waals surface area contributed by atoms with Gasteiger partial charge >= 0.3 is 0 Å². The van der Waals surface area contributed by atoms with E-state index in [1.165, 1.54) is 64.8 Å². The third-order valence-corrected chi connectivity index (χ3v) is 5.69. The lowest BCUT2D eigenvalue weighted by Crippen LogP contribution is -2.62. The molecule has 0 aromatic carbocycles. The summed E-state index contributed by atoms with van der Waals surface area (Å²) in [6.45, 7) is 9.25. The van der Waals surface area contributed by atoms with E-state index in [1.807, 2.05) is 0 Å². The zero-order valence-electron chi connectivity index (χ0n) is 13.8. The molecule has 0 aromatic rings. The molecule has 0 amide bonds. The quantitative estimate of drug-likeness (QED) is 0.822. The SMILES string of the molecule is CCCN1CCC(CN)(N(C)C2CCN(C)CC2)CC1. The minimum atomic E-state index is 0.255. The molecule has 2 heterocycles. The fourth-order valence-corrected chi connectivity index (χ4v) is 3.98. The molecule has 0 radical (unpaired) electrons. The van der Waals surface area contributed by atoms with E-state index >= 15 is 0 Å². The van der Waals surface area contributed by atoms with Crippen LogP contribution in [-0.4, -0.2) is 79.6 Å². The molecular formula is C16H34N4. The van der Waals surface area contributed by atoms with Crippen LogP contribution in [0.15, 0.2) is 0 Å². The molecule has 118 valence electrons. The summed E-state index contributed by atoms with van der Waals surface area (Å²) >= 11 is 0. The zero-order valence-corrected chi connectivity index (χ0v) is 13.8. The van der Waals surface area contributed by atoms with E-state index < -0.39 is 0 Å². The molecule has 0 aliphatic carbocycles. The van der Waals surface area contributed by atoms with Crippen molar-refractivity contribution in [2.45, 2.75) is 50.6 Å². The number of hydrogen-bond donors (Lipinski definition) is 1. The molecule has 2 rings (SSSR count). The molecular weight excluding hydrogens is 248 g/mol. The minimum Gasteiger partial charge on any atom is -0.329 e. The first-order valence-corrected chi connectivity index (χ1v) is 8.45. The summed E-state index contributed by atoms with van der Waals surface area (Å²) in [4.78, 5) is 7.71. The number of nitrogens with two attached hydrogens (primary N) is 1. The molecule has 0 unspecified atom stereocenters. The van der Waals surface area contributed by atoms with Gasteiger partial charge in [-0.15, -0.1) is 0 Å². The molecule has 0 saturated carbocycles. The van der Waals surface area contributed by atoms with Gasteiger partial charge in [0.25, 0.3) is 0 Å². The number of piperidine rings is 2. The first-order chi connectivity index (χ1) is 9.61. The van der Waals surface area contributed by atoms with Gasteiger partial charge in [0.1, 0.15) is 0 Å². The third-order valence-electron chi connectivity index (χ3n) is 5.69. The Balaban J connectivity index is 1.93. The predicted octanol–water partition coefficient (Wildman–Crippen LogP) is 1.22. The summed E-state index contributed by atoms with van der Waals surface area (Å²) in [5.74, 6) is 0. The smallest absolute Gasteiger partial charge is 0.0355 e. The van der Waals surface area contributed by atoms with E-state index in [9.17, 15) is 0 Å². The van der Waals surface area contributed by atoms with Crippen LogP contribution in [0.5, 0.6) is 0 Å². The Kier molecular flexibility index (Phi) is 5.84. The third kappa shape index (κ3) is 3.53. The van der Waals surface area contributed by atoms with Crippen molar-refractivity contribution < 1.29 is 0 Å². The number of likely N-dealkylation sites (tertiary alicyclic amines) is 2. The van der Waals surface area contributed by atoms with Crippen LogP contribution in [0.2, 0.25) is 0 Å². The molecule has 2 aliphatic rings. The maximum absolute atomic E-state index is 6.22. The van der Waals surface area contributed by atoms with Gasteiger partial charge in [-0.1, -0.05) is 6.92 Å². The second kappa shape index (κ2) is 7.21. The van der Waals surface area contributed by atoms with E-state index in [2.05, 4.69) is 35.7 Å². The Morgan fingerprint density at radius 2 is 1.75 bits per heavy atom. The number of hydrogen-bond acceptors (Lipinski definition) is 4. The van der Waals surface area contributed by atoms with Crippen molar-refractivity contribution in [3.8, 4) is 0 Å². The Morgan fingerprint density at radius 3 is 2.25 bits per heavy atom. The average Bonchev–Trinajstić information content (AvgIpc) is 2.49. The van der Waals surface area contributed by atoms with Crippen LogP contribution >= 0.6 is 0 Å². The van der Waals surface area contributed by atoms with Gasteiger partial charge < -0.3 is 15.5 Å². The molecule has 4 nitrogen and oxygen atoms in total. The second-order valence-electron chi connectivity index (χ2n) is 6.92. The van der Waals surface area contributed by atoms with Crippen LogP contribution in [0.3, 0.4) is 0 Å². The van der Waals surface area contributed by atoms with Gasteiger partial charge in [0.05, 0.1) is 0 Å². The minimum absolute atomic E-state index is 0.255. The summed E-state index contributed by atoms with van der Waals surface area (Å²) in [5, 5.41) is 0. The monoisotopic (exact) mass is 282 g/mol. The van der Waals surface area contributed by atoms with Crippen molar-refractivity contribution in [1.82, 2.24) is 14.7 Å². The van der Waals surface area contributed by atoms with Gasteiger partial charge in [-0.2, -0.15) is 0 Å².